The van der Waals surface area contributed by atoms with E-state index in [1.54, 1.807) is 27.2 Å². The Balaban J connectivity index is 1.81. The first-order valence-corrected chi connectivity index (χ1v) is 12.7. The summed E-state index contributed by atoms with van der Waals surface area (Å²) in [5.41, 5.74) is 5.69. The van der Waals surface area contributed by atoms with Gasteiger partial charge in [0.15, 0.2) is 0 Å². The van der Waals surface area contributed by atoms with Crippen LogP contribution < -0.4 is 14.8 Å². The number of amides is 1. The molecule has 3 aromatic carbocycles. The second kappa shape index (κ2) is 10.5. The van der Waals surface area contributed by atoms with Crippen molar-refractivity contribution in [1.29, 1.82) is 0 Å². The molecule has 0 saturated carbocycles. The minimum atomic E-state index is -0.464. The number of hydrogen-bond acceptors (Lipinski definition) is 8. The standard InChI is InChI=1S/C28H26N4O5S/c1-5-37-28(34)27-26(20-9-8-19(35-3)14-25(20)36-4)21-13-18(29-16(2)33)7-11-24(21)32(27)15-17-6-10-22-23(12-17)31-38-30-22/h6-14H,5,15H2,1-4H3,(H,29,33). The Bertz CT molecular complexity index is 1670. The Morgan fingerprint density at radius 1 is 0.974 bits per heavy atom. The lowest BCUT2D eigenvalue weighted by Gasteiger charge is -2.14. The van der Waals surface area contributed by atoms with E-state index in [2.05, 4.69) is 14.1 Å². The van der Waals surface area contributed by atoms with E-state index in [-0.39, 0.29) is 12.5 Å². The van der Waals surface area contributed by atoms with Gasteiger partial charge < -0.3 is 24.1 Å². The third kappa shape index (κ3) is 4.66. The summed E-state index contributed by atoms with van der Waals surface area (Å²) in [6.45, 7) is 3.83. The zero-order valence-corrected chi connectivity index (χ0v) is 22.2. The van der Waals surface area contributed by atoms with Crippen molar-refractivity contribution in [1.82, 2.24) is 13.3 Å². The van der Waals surface area contributed by atoms with Crippen molar-refractivity contribution in [2.24, 2.45) is 0 Å². The summed E-state index contributed by atoms with van der Waals surface area (Å²) in [6.07, 6.45) is 0. The molecule has 0 spiro atoms. The molecule has 5 rings (SSSR count). The molecule has 0 fully saturated rings. The number of fused-ring (bicyclic) bond motifs is 2. The minimum absolute atomic E-state index is 0.192. The van der Waals surface area contributed by atoms with E-state index in [1.807, 2.05) is 53.1 Å². The molecule has 0 bridgehead atoms. The second-order valence-electron chi connectivity index (χ2n) is 8.60. The van der Waals surface area contributed by atoms with Crippen LogP contribution in [-0.4, -0.2) is 46.0 Å². The van der Waals surface area contributed by atoms with Gasteiger partial charge in [-0.1, -0.05) is 6.07 Å². The molecule has 5 aromatic rings. The molecular formula is C28H26N4O5S. The normalized spacial score (nSPS) is 11.1. The number of aromatic nitrogens is 3. The van der Waals surface area contributed by atoms with Crippen molar-refractivity contribution in [3.63, 3.8) is 0 Å². The van der Waals surface area contributed by atoms with Crippen molar-refractivity contribution in [3.05, 3.63) is 65.9 Å². The maximum Gasteiger partial charge on any atom is 0.355 e. The monoisotopic (exact) mass is 530 g/mol. The Kier molecular flexibility index (Phi) is 6.97. The van der Waals surface area contributed by atoms with E-state index in [9.17, 15) is 9.59 Å². The van der Waals surface area contributed by atoms with Gasteiger partial charge in [0.1, 0.15) is 28.2 Å². The van der Waals surface area contributed by atoms with Crippen molar-refractivity contribution in [2.75, 3.05) is 26.1 Å². The van der Waals surface area contributed by atoms with Gasteiger partial charge >= 0.3 is 5.97 Å². The van der Waals surface area contributed by atoms with Crippen LogP contribution in [-0.2, 0) is 16.1 Å². The predicted octanol–water partition coefficient (Wildman–Crippen LogP) is 5.51. The van der Waals surface area contributed by atoms with Crippen LogP contribution in [0.1, 0.15) is 29.9 Å². The van der Waals surface area contributed by atoms with Crippen molar-refractivity contribution in [3.8, 4) is 22.6 Å². The van der Waals surface area contributed by atoms with Gasteiger partial charge in [-0.05, 0) is 55.0 Å². The smallest absolute Gasteiger partial charge is 0.355 e. The SMILES string of the molecule is CCOC(=O)c1c(-c2ccc(OC)cc2OC)c2cc(NC(C)=O)ccc2n1Cc1ccc2nsnc2c1. The summed E-state index contributed by atoms with van der Waals surface area (Å²) in [5, 5.41) is 3.61. The Morgan fingerprint density at radius 3 is 2.53 bits per heavy atom. The summed E-state index contributed by atoms with van der Waals surface area (Å²) in [6, 6.07) is 16.9. The predicted molar refractivity (Wildman–Crippen MR) is 147 cm³/mol. The molecule has 1 N–H and O–H groups in total. The molecule has 9 nitrogen and oxygen atoms in total. The number of ether oxygens (including phenoxy) is 3. The lowest BCUT2D eigenvalue weighted by atomic mass is 10.00. The molecule has 2 aromatic heterocycles. The summed E-state index contributed by atoms with van der Waals surface area (Å²) >= 11 is 1.16. The molecule has 0 unspecified atom stereocenters. The summed E-state index contributed by atoms with van der Waals surface area (Å²) in [4.78, 5) is 25.4. The highest BCUT2D eigenvalue weighted by atomic mass is 32.1. The van der Waals surface area contributed by atoms with E-state index in [0.29, 0.717) is 40.6 Å². The Labute approximate surface area is 223 Å². The number of carbonyl (C=O) groups excluding carboxylic acids is 2. The quantitative estimate of drug-likeness (QED) is 0.264. The molecule has 0 atom stereocenters. The van der Waals surface area contributed by atoms with Gasteiger partial charge in [-0.2, -0.15) is 8.75 Å². The third-order valence-corrected chi connectivity index (χ3v) is 6.75. The summed E-state index contributed by atoms with van der Waals surface area (Å²) < 4.78 is 27.3. The van der Waals surface area contributed by atoms with E-state index >= 15 is 0 Å². The summed E-state index contributed by atoms with van der Waals surface area (Å²) in [5.74, 6) is 0.502. The van der Waals surface area contributed by atoms with Crippen LogP contribution in [0, 0.1) is 0 Å². The van der Waals surface area contributed by atoms with Gasteiger partial charge in [0.05, 0.1) is 32.6 Å². The highest BCUT2D eigenvalue weighted by Crippen LogP contribution is 2.42. The van der Waals surface area contributed by atoms with E-state index in [1.165, 1.54) is 6.92 Å². The van der Waals surface area contributed by atoms with E-state index in [4.69, 9.17) is 14.2 Å². The first-order chi connectivity index (χ1) is 18.4. The highest BCUT2D eigenvalue weighted by Gasteiger charge is 2.27. The zero-order chi connectivity index (χ0) is 26.8. The molecule has 0 aliphatic heterocycles. The van der Waals surface area contributed by atoms with Gasteiger partial charge in [-0.3, -0.25) is 4.79 Å². The molecule has 194 valence electrons. The molecule has 0 saturated heterocycles. The average molecular weight is 531 g/mol. The number of esters is 1. The van der Waals surface area contributed by atoms with Gasteiger partial charge in [0.2, 0.25) is 5.91 Å². The number of rotatable bonds is 8. The number of nitrogens with zero attached hydrogens (tertiary/aromatic N) is 3. The maximum absolute atomic E-state index is 13.6. The first kappa shape index (κ1) is 25.2. The van der Waals surface area contributed by atoms with Crippen LogP contribution in [0.2, 0.25) is 0 Å². The average Bonchev–Trinajstić information content (AvgIpc) is 3.50. The van der Waals surface area contributed by atoms with Crippen molar-refractivity contribution < 1.29 is 23.8 Å². The maximum atomic E-state index is 13.6. The minimum Gasteiger partial charge on any atom is -0.497 e. The fourth-order valence-electron chi connectivity index (χ4n) is 4.60. The van der Waals surface area contributed by atoms with Crippen LogP contribution in [0.4, 0.5) is 5.69 Å². The molecule has 0 aliphatic carbocycles. The first-order valence-electron chi connectivity index (χ1n) is 12.0. The molecule has 2 heterocycles. The van der Waals surface area contributed by atoms with Crippen LogP contribution in [0.15, 0.2) is 54.6 Å². The largest absolute Gasteiger partial charge is 0.497 e. The number of carbonyl (C=O) groups is 2. The number of methoxy groups -OCH3 is 2. The molecule has 0 radical (unpaired) electrons. The van der Waals surface area contributed by atoms with E-state index < -0.39 is 5.97 Å². The number of hydrogen-bond donors (Lipinski definition) is 1. The second-order valence-corrected chi connectivity index (χ2v) is 9.13. The number of anilines is 1. The fourth-order valence-corrected chi connectivity index (χ4v) is 5.12. The van der Waals surface area contributed by atoms with Gasteiger partial charge in [-0.25, -0.2) is 4.79 Å². The van der Waals surface area contributed by atoms with Gasteiger partial charge in [-0.15, -0.1) is 0 Å². The van der Waals surface area contributed by atoms with Crippen LogP contribution in [0.3, 0.4) is 0 Å². The van der Waals surface area contributed by atoms with Crippen LogP contribution in [0.5, 0.6) is 11.5 Å². The molecule has 0 aliphatic rings. The lowest BCUT2D eigenvalue weighted by Crippen LogP contribution is -2.14. The zero-order valence-electron chi connectivity index (χ0n) is 21.4. The molecular weight excluding hydrogens is 504 g/mol. The van der Waals surface area contributed by atoms with Crippen LogP contribution in [0.25, 0.3) is 33.1 Å². The van der Waals surface area contributed by atoms with Crippen LogP contribution >= 0.6 is 11.7 Å². The Morgan fingerprint density at radius 2 is 1.79 bits per heavy atom. The Hall–Kier alpha value is -4.44. The third-order valence-electron chi connectivity index (χ3n) is 6.19. The lowest BCUT2D eigenvalue weighted by molar-refractivity contribution is -0.114. The summed E-state index contributed by atoms with van der Waals surface area (Å²) in [7, 11) is 3.15. The molecule has 38 heavy (non-hydrogen) atoms. The molecule has 10 heteroatoms. The number of nitrogens with one attached hydrogen (secondary N) is 1. The van der Waals surface area contributed by atoms with E-state index in [0.717, 1.165) is 39.2 Å². The fraction of sp³-hybridized carbons (Fsp3) is 0.214. The topological polar surface area (TPSA) is 105 Å². The molecule has 1 amide bonds. The van der Waals surface area contributed by atoms with Gasteiger partial charge in [0.25, 0.3) is 0 Å². The van der Waals surface area contributed by atoms with Crippen molar-refractivity contribution >= 4 is 51.2 Å². The highest BCUT2D eigenvalue weighted by molar-refractivity contribution is 7.00. The number of benzene rings is 3. The van der Waals surface area contributed by atoms with Crippen molar-refractivity contribution in [2.45, 2.75) is 20.4 Å². The van der Waals surface area contributed by atoms with Gasteiger partial charge in [0, 0.05) is 47.3 Å².